The van der Waals surface area contributed by atoms with E-state index in [1.54, 1.807) is 6.20 Å². The molecule has 0 saturated carbocycles. The van der Waals surface area contributed by atoms with E-state index < -0.39 is 0 Å². The summed E-state index contributed by atoms with van der Waals surface area (Å²) in [5.74, 6) is 5.80. The fourth-order valence-corrected chi connectivity index (χ4v) is 3.42. The quantitative estimate of drug-likeness (QED) is 0.612. The highest BCUT2D eigenvalue weighted by Gasteiger charge is 2.26. The van der Waals surface area contributed by atoms with Gasteiger partial charge in [-0.05, 0) is 47.7 Å². The van der Waals surface area contributed by atoms with E-state index in [2.05, 4.69) is 56.8 Å². The van der Waals surface area contributed by atoms with Crippen LogP contribution in [0.5, 0.6) is 0 Å². The lowest BCUT2D eigenvalue weighted by molar-refractivity contribution is 0.476. The van der Waals surface area contributed by atoms with Gasteiger partial charge in [-0.3, -0.25) is 10.5 Å². The molecule has 0 aromatic carbocycles. The third-order valence-electron chi connectivity index (χ3n) is 3.05. The molecule has 1 atom stereocenters. The summed E-state index contributed by atoms with van der Waals surface area (Å²) in [5.41, 5.74) is 4.89. The minimum absolute atomic E-state index is 0.157. The van der Waals surface area contributed by atoms with E-state index in [9.17, 15) is 0 Å². The summed E-state index contributed by atoms with van der Waals surface area (Å²) in [6.07, 6.45) is 3.73. The molecule has 2 rings (SSSR count). The number of hydrazine groups is 1. The van der Waals surface area contributed by atoms with Gasteiger partial charge in [0.05, 0.1) is 26.9 Å². The topological polar surface area (TPSA) is 81.7 Å². The summed E-state index contributed by atoms with van der Waals surface area (Å²) in [6, 6.07) is 0.0958. The van der Waals surface area contributed by atoms with Crippen LogP contribution in [0, 0.1) is 0 Å². The molecule has 0 aliphatic rings. The molecule has 6 nitrogen and oxygen atoms in total. The lowest BCUT2D eigenvalue weighted by atomic mass is 10.1. The van der Waals surface area contributed by atoms with Crippen LogP contribution in [-0.2, 0) is 6.42 Å². The molecule has 0 bridgehead atoms. The number of aryl methyl sites for hydroxylation is 1. The van der Waals surface area contributed by atoms with Gasteiger partial charge in [-0.1, -0.05) is 17.8 Å². The molecule has 0 spiro atoms. The monoisotopic (exact) mass is 358 g/mol. The van der Waals surface area contributed by atoms with E-state index in [4.69, 9.17) is 5.84 Å². The van der Waals surface area contributed by atoms with Gasteiger partial charge < -0.3 is 0 Å². The average molecular weight is 359 g/mol. The minimum Gasteiger partial charge on any atom is -0.270 e. The van der Waals surface area contributed by atoms with E-state index >= 15 is 0 Å². The van der Waals surface area contributed by atoms with Crippen molar-refractivity contribution in [1.82, 2.24) is 24.8 Å². The highest BCUT2D eigenvalue weighted by atomic mass is 79.9. The van der Waals surface area contributed by atoms with Crippen LogP contribution in [-0.4, -0.2) is 19.4 Å². The molecule has 20 heavy (non-hydrogen) atoms. The van der Waals surface area contributed by atoms with Gasteiger partial charge in [0.2, 0.25) is 0 Å². The Labute approximate surface area is 131 Å². The van der Waals surface area contributed by atoms with Crippen LogP contribution in [0.25, 0.3) is 0 Å². The Hall–Kier alpha value is -0.830. The fourth-order valence-electron chi connectivity index (χ4n) is 2.16. The highest BCUT2D eigenvalue weighted by molar-refractivity contribution is 9.10. The van der Waals surface area contributed by atoms with Gasteiger partial charge in [-0.25, -0.2) is 5.43 Å². The molecule has 0 aliphatic carbocycles. The maximum atomic E-state index is 5.80. The molecule has 110 valence electrons. The van der Waals surface area contributed by atoms with Crippen LogP contribution >= 0.6 is 27.5 Å². The smallest absolute Gasteiger partial charge is 0.102 e. The molecule has 0 saturated heterocycles. The molecule has 1 unspecified atom stereocenters. The van der Waals surface area contributed by atoms with E-state index in [1.807, 2.05) is 4.68 Å². The van der Waals surface area contributed by atoms with E-state index in [0.717, 1.165) is 33.6 Å². The number of hydrogen-bond donors (Lipinski definition) is 2. The Bertz CT molecular complexity index is 564. The Morgan fingerprint density at radius 1 is 1.50 bits per heavy atom. The van der Waals surface area contributed by atoms with Crippen molar-refractivity contribution >= 4 is 27.5 Å². The predicted molar refractivity (Wildman–Crippen MR) is 83.4 cm³/mol. The Morgan fingerprint density at radius 3 is 2.85 bits per heavy atom. The first-order chi connectivity index (χ1) is 9.60. The second-order valence-corrected chi connectivity index (χ2v) is 6.49. The third kappa shape index (κ3) is 2.93. The molecule has 2 aromatic heterocycles. The molecular formula is C12H19BrN6S. The Balaban J connectivity index is 2.47. The number of halogens is 1. The highest BCUT2D eigenvalue weighted by Crippen LogP contribution is 2.33. The minimum atomic E-state index is -0.157. The van der Waals surface area contributed by atoms with Crippen LogP contribution in [0.2, 0.25) is 0 Å². The second kappa shape index (κ2) is 6.75. The van der Waals surface area contributed by atoms with Gasteiger partial charge >= 0.3 is 0 Å². The van der Waals surface area contributed by atoms with Crippen LogP contribution in [0.3, 0.4) is 0 Å². The summed E-state index contributed by atoms with van der Waals surface area (Å²) < 4.78 is 6.97. The Morgan fingerprint density at radius 2 is 2.25 bits per heavy atom. The van der Waals surface area contributed by atoms with Crippen LogP contribution in [0.15, 0.2) is 10.7 Å². The number of nitrogens with one attached hydrogen (secondary N) is 1. The molecule has 0 radical (unpaired) electrons. The van der Waals surface area contributed by atoms with Gasteiger partial charge in [-0.2, -0.15) is 5.10 Å². The lowest BCUT2D eigenvalue weighted by Gasteiger charge is -2.19. The normalized spacial score (nSPS) is 13.1. The fraction of sp³-hybridized carbons (Fsp3) is 0.583. The van der Waals surface area contributed by atoms with Crippen LogP contribution in [0.1, 0.15) is 55.5 Å². The summed E-state index contributed by atoms with van der Waals surface area (Å²) in [6.45, 7) is 6.31. The summed E-state index contributed by atoms with van der Waals surface area (Å²) >= 11 is 4.94. The van der Waals surface area contributed by atoms with Crippen molar-refractivity contribution in [3.05, 3.63) is 26.9 Å². The second-order valence-electron chi connectivity index (χ2n) is 4.85. The number of hydrogen-bond acceptors (Lipinski definition) is 6. The predicted octanol–water partition coefficient (Wildman–Crippen LogP) is 2.58. The van der Waals surface area contributed by atoms with Crippen molar-refractivity contribution in [2.24, 2.45) is 5.84 Å². The van der Waals surface area contributed by atoms with Gasteiger partial charge in [-0.15, -0.1) is 5.10 Å². The number of nitrogens with zero attached hydrogens (tertiary/aromatic N) is 4. The summed E-state index contributed by atoms with van der Waals surface area (Å²) in [4.78, 5) is 1.05. The van der Waals surface area contributed by atoms with Crippen molar-refractivity contribution in [2.75, 3.05) is 0 Å². The SMILES string of the molecule is CCCc1nnsc1C(NN)c1c(Br)cnn1C(C)C. The molecule has 0 fully saturated rings. The van der Waals surface area contributed by atoms with Gasteiger partial charge in [0, 0.05) is 6.04 Å². The van der Waals surface area contributed by atoms with E-state index in [0.29, 0.717) is 0 Å². The molecule has 0 amide bonds. The maximum absolute atomic E-state index is 5.80. The number of rotatable bonds is 6. The largest absolute Gasteiger partial charge is 0.270 e. The van der Waals surface area contributed by atoms with Crippen LogP contribution in [0.4, 0.5) is 0 Å². The zero-order valence-electron chi connectivity index (χ0n) is 11.8. The molecule has 2 aromatic rings. The molecule has 2 heterocycles. The average Bonchev–Trinajstić information content (AvgIpc) is 3.00. The first-order valence-electron chi connectivity index (χ1n) is 6.60. The van der Waals surface area contributed by atoms with Crippen molar-refractivity contribution in [3.8, 4) is 0 Å². The standard InChI is InChI=1S/C12H19BrN6S/c1-4-5-9-12(20-18-17-9)10(16-14)11-8(13)6-15-19(11)7(2)3/h6-7,10,16H,4-5,14H2,1-3H3. The van der Waals surface area contributed by atoms with Gasteiger partial charge in [0.15, 0.2) is 0 Å². The first kappa shape index (κ1) is 15.6. The molecule has 0 aliphatic heterocycles. The third-order valence-corrected chi connectivity index (χ3v) is 4.49. The van der Waals surface area contributed by atoms with Crippen molar-refractivity contribution < 1.29 is 0 Å². The Kier molecular flexibility index (Phi) is 5.25. The van der Waals surface area contributed by atoms with Gasteiger partial charge in [0.1, 0.15) is 6.04 Å². The van der Waals surface area contributed by atoms with E-state index in [1.165, 1.54) is 11.5 Å². The summed E-state index contributed by atoms with van der Waals surface area (Å²) in [7, 11) is 0. The van der Waals surface area contributed by atoms with Crippen molar-refractivity contribution in [3.63, 3.8) is 0 Å². The summed E-state index contributed by atoms with van der Waals surface area (Å²) in [5, 5.41) is 8.62. The van der Waals surface area contributed by atoms with Crippen molar-refractivity contribution in [2.45, 2.75) is 45.7 Å². The first-order valence-corrected chi connectivity index (χ1v) is 8.16. The zero-order valence-corrected chi connectivity index (χ0v) is 14.2. The zero-order chi connectivity index (χ0) is 14.7. The van der Waals surface area contributed by atoms with Crippen molar-refractivity contribution in [1.29, 1.82) is 0 Å². The van der Waals surface area contributed by atoms with E-state index in [-0.39, 0.29) is 12.1 Å². The number of nitrogens with two attached hydrogens (primary N) is 1. The molecule has 8 heteroatoms. The number of aromatic nitrogens is 4. The molecule has 3 N–H and O–H groups in total. The molecular weight excluding hydrogens is 340 g/mol. The van der Waals surface area contributed by atoms with Crippen LogP contribution < -0.4 is 11.3 Å². The maximum Gasteiger partial charge on any atom is 0.102 e. The lowest BCUT2D eigenvalue weighted by Crippen LogP contribution is -2.31. The van der Waals surface area contributed by atoms with Gasteiger partial charge in [0.25, 0.3) is 0 Å².